The van der Waals surface area contributed by atoms with E-state index in [1.807, 2.05) is 18.2 Å². The zero-order valence-corrected chi connectivity index (χ0v) is 18.9. The van der Waals surface area contributed by atoms with Gasteiger partial charge in [0.15, 0.2) is 0 Å². The number of hydrogen-bond donors (Lipinski definition) is 1. The maximum atomic E-state index is 12.6. The minimum Gasteiger partial charge on any atom is -0.367 e. The number of benzene rings is 2. The molecule has 0 bridgehead atoms. The number of rotatable bonds is 6. The monoisotopic (exact) mass is 411 g/mol. The zero-order valence-electron chi connectivity index (χ0n) is 18.1. The van der Waals surface area contributed by atoms with E-state index in [0.717, 1.165) is 49.0 Å². The maximum Gasteiger partial charge on any atom is 0.234 e. The van der Waals surface area contributed by atoms with Gasteiger partial charge in [0.2, 0.25) is 5.91 Å². The molecule has 0 spiro atoms. The van der Waals surface area contributed by atoms with E-state index >= 15 is 0 Å². The zero-order chi connectivity index (χ0) is 20.9. The molecule has 29 heavy (non-hydrogen) atoms. The van der Waals surface area contributed by atoms with E-state index < -0.39 is 0 Å². The van der Waals surface area contributed by atoms with Crippen molar-refractivity contribution in [2.24, 2.45) is 0 Å². The van der Waals surface area contributed by atoms with Crippen LogP contribution in [0.1, 0.15) is 33.3 Å². The van der Waals surface area contributed by atoms with Crippen LogP contribution in [0, 0.1) is 0 Å². The van der Waals surface area contributed by atoms with Gasteiger partial charge in [-0.3, -0.25) is 4.79 Å². The molecular formula is C24H33N3OS. The Bertz CT molecular complexity index is 806. The Balaban J connectivity index is 1.57. The van der Waals surface area contributed by atoms with E-state index in [1.165, 1.54) is 5.56 Å². The normalized spacial score (nSPS) is 15.4. The van der Waals surface area contributed by atoms with Crippen molar-refractivity contribution < 1.29 is 4.79 Å². The van der Waals surface area contributed by atoms with Crippen molar-refractivity contribution in [1.82, 2.24) is 4.90 Å². The average Bonchev–Trinajstić information content (AvgIpc) is 2.72. The van der Waals surface area contributed by atoms with E-state index in [-0.39, 0.29) is 11.3 Å². The lowest BCUT2D eigenvalue weighted by atomic mass is 9.87. The van der Waals surface area contributed by atoms with Gasteiger partial charge < -0.3 is 15.1 Å². The first-order valence-corrected chi connectivity index (χ1v) is 11.4. The molecule has 1 amide bonds. The van der Waals surface area contributed by atoms with Gasteiger partial charge in [-0.1, -0.05) is 52.0 Å². The third kappa shape index (κ3) is 6.00. The highest BCUT2D eigenvalue weighted by Gasteiger charge is 2.19. The molecule has 3 rings (SSSR count). The highest BCUT2D eigenvalue weighted by Crippen LogP contribution is 2.28. The fraction of sp³-hybridized carbons (Fsp3) is 0.458. The fourth-order valence-corrected chi connectivity index (χ4v) is 4.24. The third-order valence-corrected chi connectivity index (χ3v) is 6.44. The first kappa shape index (κ1) is 21.7. The van der Waals surface area contributed by atoms with Gasteiger partial charge in [0, 0.05) is 31.1 Å². The largest absolute Gasteiger partial charge is 0.367 e. The Kier molecular flexibility index (Phi) is 7.25. The Morgan fingerprint density at radius 2 is 1.66 bits per heavy atom. The fourth-order valence-electron chi connectivity index (χ4n) is 3.55. The summed E-state index contributed by atoms with van der Waals surface area (Å²) in [6.45, 7) is 14.1. The van der Waals surface area contributed by atoms with Crippen molar-refractivity contribution >= 4 is 29.0 Å². The van der Waals surface area contributed by atoms with Crippen LogP contribution < -0.4 is 10.2 Å². The van der Waals surface area contributed by atoms with Crippen LogP contribution in [0.3, 0.4) is 0 Å². The van der Waals surface area contributed by atoms with E-state index in [9.17, 15) is 4.79 Å². The van der Waals surface area contributed by atoms with Crippen LogP contribution in [0.25, 0.3) is 0 Å². The van der Waals surface area contributed by atoms with Gasteiger partial charge in [-0.2, -0.15) is 0 Å². The summed E-state index contributed by atoms with van der Waals surface area (Å²) in [5.74, 6) is 0.446. The minimum absolute atomic E-state index is 0.0366. The molecular weight excluding hydrogens is 378 g/mol. The SMILES string of the molecule is CCN1CCN(c2ccccc2NC(=O)CSc2ccc(C(C)(C)C)cc2)CC1. The Labute approximate surface area is 179 Å². The molecule has 1 fully saturated rings. The van der Waals surface area contributed by atoms with Crippen LogP contribution >= 0.6 is 11.8 Å². The van der Waals surface area contributed by atoms with Crippen LogP contribution in [-0.2, 0) is 10.2 Å². The number of likely N-dealkylation sites (N-methyl/N-ethyl adjacent to an activating group) is 1. The smallest absolute Gasteiger partial charge is 0.234 e. The maximum absolute atomic E-state index is 12.6. The summed E-state index contributed by atoms with van der Waals surface area (Å²) in [5, 5.41) is 3.12. The standard InChI is InChI=1S/C24H33N3OS/c1-5-26-14-16-27(17-15-26)22-9-7-6-8-21(22)25-23(28)18-29-20-12-10-19(11-13-20)24(2,3)4/h6-13H,5,14-18H2,1-4H3,(H,25,28). The molecule has 1 saturated heterocycles. The molecule has 1 aliphatic heterocycles. The molecule has 0 radical (unpaired) electrons. The van der Waals surface area contributed by atoms with Crippen molar-refractivity contribution in [2.45, 2.75) is 38.0 Å². The number of nitrogens with one attached hydrogen (secondary N) is 1. The number of nitrogens with zero attached hydrogens (tertiary/aromatic N) is 2. The molecule has 2 aromatic carbocycles. The number of para-hydroxylation sites is 2. The van der Waals surface area contributed by atoms with E-state index in [0.29, 0.717) is 5.75 Å². The topological polar surface area (TPSA) is 35.6 Å². The number of anilines is 2. The molecule has 1 heterocycles. The summed E-state index contributed by atoms with van der Waals surface area (Å²) >= 11 is 1.58. The Hall–Kier alpha value is -1.98. The number of thioether (sulfide) groups is 1. The highest BCUT2D eigenvalue weighted by atomic mass is 32.2. The molecule has 4 nitrogen and oxygen atoms in total. The number of carbonyl (C=O) groups excluding carboxylic acids is 1. The second-order valence-electron chi connectivity index (χ2n) is 8.55. The lowest BCUT2D eigenvalue weighted by Gasteiger charge is -2.36. The lowest BCUT2D eigenvalue weighted by Crippen LogP contribution is -2.46. The molecule has 0 atom stereocenters. The predicted molar refractivity (Wildman–Crippen MR) is 125 cm³/mol. The number of carbonyl (C=O) groups is 1. The molecule has 156 valence electrons. The Morgan fingerprint density at radius 3 is 2.28 bits per heavy atom. The molecule has 5 heteroatoms. The molecule has 0 saturated carbocycles. The highest BCUT2D eigenvalue weighted by molar-refractivity contribution is 8.00. The molecule has 1 aliphatic rings. The van der Waals surface area contributed by atoms with Crippen molar-refractivity contribution in [2.75, 3.05) is 48.7 Å². The lowest BCUT2D eigenvalue weighted by molar-refractivity contribution is -0.113. The summed E-state index contributed by atoms with van der Waals surface area (Å²) in [4.78, 5) is 18.5. The van der Waals surface area contributed by atoms with Gasteiger partial charge in [-0.05, 0) is 41.8 Å². The van der Waals surface area contributed by atoms with E-state index in [4.69, 9.17) is 0 Å². The number of hydrogen-bond acceptors (Lipinski definition) is 4. The first-order valence-electron chi connectivity index (χ1n) is 10.5. The molecule has 0 aromatic heterocycles. The summed E-state index contributed by atoms with van der Waals surface area (Å²) in [6, 6.07) is 16.7. The van der Waals surface area contributed by atoms with Gasteiger partial charge in [0.05, 0.1) is 17.1 Å². The van der Waals surface area contributed by atoms with Crippen LogP contribution in [-0.4, -0.2) is 49.3 Å². The van der Waals surface area contributed by atoms with Crippen LogP contribution in [0.2, 0.25) is 0 Å². The first-order chi connectivity index (χ1) is 13.9. The van der Waals surface area contributed by atoms with Gasteiger partial charge in [0.1, 0.15) is 0 Å². The quantitative estimate of drug-likeness (QED) is 0.689. The van der Waals surface area contributed by atoms with Gasteiger partial charge in [0.25, 0.3) is 0 Å². The second-order valence-corrected chi connectivity index (χ2v) is 9.60. The molecule has 0 unspecified atom stereocenters. The van der Waals surface area contributed by atoms with Gasteiger partial charge in [-0.25, -0.2) is 0 Å². The minimum atomic E-state index is 0.0366. The van der Waals surface area contributed by atoms with Crippen LogP contribution in [0.4, 0.5) is 11.4 Å². The predicted octanol–water partition coefficient (Wildman–Crippen LogP) is 4.86. The van der Waals surface area contributed by atoms with E-state index in [1.54, 1.807) is 11.8 Å². The number of amides is 1. The average molecular weight is 412 g/mol. The van der Waals surface area contributed by atoms with Crippen molar-refractivity contribution in [1.29, 1.82) is 0 Å². The van der Waals surface area contributed by atoms with Crippen molar-refractivity contribution in [3.8, 4) is 0 Å². The Morgan fingerprint density at radius 1 is 1.00 bits per heavy atom. The van der Waals surface area contributed by atoms with Gasteiger partial charge >= 0.3 is 0 Å². The summed E-state index contributed by atoms with van der Waals surface area (Å²) in [5.41, 5.74) is 3.48. The summed E-state index contributed by atoms with van der Waals surface area (Å²) < 4.78 is 0. The van der Waals surface area contributed by atoms with Gasteiger partial charge in [-0.15, -0.1) is 11.8 Å². The molecule has 1 N–H and O–H groups in total. The van der Waals surface area contributed by atoms with Crippen LogP contribution in [0.15, 0.2) is 53.4 Å². The van der Waals surface area contributed by atoms with E-state index in [2.05, 4.69) is 73.1 Å². The molecule has 2 aromatic rings. The molecule has 0 aliphatic carbocycles. The summed E-state index contributed by atoms with van der Waals surface area (Å²) in [7, 11) is 0. The van der Waals surface area contributed by atoms with Crippen LogP contribution in [0.5, 0.6) is 0 Å². The third-order valence-electron chi connectivity index (χ3n) is 5.43. The van der Waals surface area contributed by atoms with Crippen molar-refractivity contribution in [3.05, 3.63) is 54.1 Å². The van der Waals surface area contributed by atoms with Crippen molar-refractivity contribution in [3.63, 3.8) is 0 Å². The summed E-state index contributed by atoms with van der Waals surface area (Å²) in [6.07, 6.45) is 0. The second kappa shape index (κ2) is 9.68. The number of piperazine rings is 1.